The molecule has 1 aliphatic rings. The molecule has 0 amide bonds. The van der Waals surface area contributed by atoms with Crippen LogP contribution < -0.4 is 5.43 Å². The van der Waals surface area contributed by atoms with E-state index in [0.29, 0.717) is 16.7 Å². The third kappa shape index (κ3) is 3.19. The van der Waals surface area contributed by atoms with Gasteiger partial charge in [0.15, 0.2) is 0 Å². The van der Waals surface area contributed by atoms with E-state index >= 15 is 0 Å². The molecule has 96 valence electrons. The van der Waals surface area contributed by atoms with Gasteiger partial charge in [0.2, 0.25) is 0 Å². The molecule has 0 unspecified atom stereocenters. The van der Waals surface area contributed by atoms with E-state index in [1.807, 2.05) is 30.3 Å². The van der Waals surface area contributed by atoms with Crippen LogP contribution in [-0.4, -0.2) is 22.8 Å². The molecular weight excluding hydrogens is 271 g/mol. The van der Waals surface area contributed by atoms with Crippen LogP contribution in [0.15, 0.2) is 52.8 Å². The third-order valence-electron chi connectivity index (χ3n) is 2.71. The van der Waals surface area contributed by atoms with Crippen molar-refractivity contribution in [1.82, 2.24) is 10.4 Å². The van der Waals surface area contributed by atoms with Crippen molar-refractivity contribution in [2.45, 2.75) is 12.5 Å². The molecule has 0 radical (unpaired) electrons. The molecule has 0 saturated heterocycles. The first-order valence-corrected chi connectivity index (χ1v) is 6.40. The Morgan fingerprint density at radius 3 is 2.56 bits per heavy atom. The van der Waals surface area contributed by atoms with Gasteiger partial charge in [-0.05, 0) is 24.1 Å². The number of hydrogen-bond donors (Lipinski definition) is 2. The van der Waals surface area contributed by atoms with E-state index in [0.717, 1.165) is 5.56 Å². The van der Waals surface area contributed by atoms with Crippen molar-refractivity contribution < 1.29 is 5.11 Å². The van der Waals surface area contributed by atoms with Crippen LogP contribution in [0.4, 0.5) is 0 Å². The minimum Gasteiger partial charge on any atom is -0.394 e. The van der Waals surface area contributed by atoms with Gasteiger partial charge in [-0.2, -0.15) is 0 Å². The lowest BCUT2D eigenvalue weighted by Crippen LogP contribution is -2.46. The number of nitrogens with one attached hydrogen (secondary N) is 1. The maximum atomic E-state index is 9.51. The molecule has 1 heterocycles. The van der Waals surface area contributed by atoms with Gasteiger partial charge in [-0.25, -0.2) is 0 Å². The summed E-state index contributed by atoms with van der Waals surface area (Å²) in [5.74, 6) is 0. The van der Waals surface area contributed by atoms with Gasteiger partial charge >= 0.3 is 0 Å². The van der Waals surface area contributed by atoms with Gasteiger partial charge < -0.3 is 5.11 Å². The van der Waals surface area contributed by atoms with Gasteiger partial charge in [-0.3, -0.25) is 10.4 Å². The van der Waals surface area contributed by atoms with Crippen molar-refractivity contribution in [3.63, 3.8) is 0 Å². The van der Waals surface area contributed by atoms with Crippen molar-refractivity contribution in [3.8, 4) is 0 Å². The van der Waals surface area contributed by atoms with Gasteiger partial charge in [-0.1, -0.05) is 53.5 Å². The van der Waals surface area contributed by atoms with Crippen LogP contribution in [-0.2, 0) is 6.42 Å². The van der Waals surface area contributed by atoms with Crippen LogP contribution in [0.5, 0.6) is 0 Å². The average molecular weight is 285 g/mol. The molecule has 0 saturated carbocycles. The quantitative estimate of drug-likeness (QED) is 0.835. The Balaban J connectivity index is 2.10. The Hall–Kier alpha value is -1.16. The molecular formula is C13H14Cl2N2O. The Bertz CT molecular complexity index is 459. The zero-order valence-corrected chi connectivity index (χ0v) is 11.2. The van der Waals surface area contributed by atoms with Crippen LogP contribution >= 0.6 is 23.2 Å². The summed E-state index contributed by atoms with van der Waals surface area (Å²) in [4.78, 5) is 0. The maximum Gasteiger partial charge on any atom is 0.123 e. The molecule has 0 bridgehead atoms. The molecule has 5 heteroatoms. The van der Waals surface area contributed by atoms with Crippen molar-refractivity contribution in [1.29, 1.82) is 0 Å². The molecule has 0 aliphatic carbocycles. The highest BCUT2D eigenvalue weighted by Crippen LogP contribution is 2.20. The summed E-state index contributed by atoms with van der Waals surface area (Å²) in [6, 6.07) is 9.76. The first-order chi connectivity index (χ1) is 8.70. The van der Waals surface area contributed by atoms with E-state index in [1.54, 1.807) is 17.2 Å². The second-order valence-corrected chi connectivity index (χ2v) is 4.81. The van der Waals surface area contributed by atoms with Crippen molar-refractivity contribution in [2.24, 2.45) is 0 Å². The van der Waals surface area contributed by atoms with Gasteiger partial charge in [0.05, 0.1) is 12.6 Å². The van der Waals surface area contributed by atoms with E-state index in [1.165, 1.54) is 0 Å². The number of allylic oxidation sites excluding steroid dienone is 2. The summed E-state index contributed by atoms with van der Waals surface area (Å²) in [5, 5.41) is 12.2. The number of nitrogens with zero attached hydrogens (tertiary/aromatic N) is 1. The SMILES string of the molecule is OC[C@@H](Cc1ccccc1)N1NC(Cl)=CC=C1Cl. The van der Waals surface area contributed by atoms with Gasteiger partial charge in [0, 0.05) is 0 Å². The maximum absolute atomic E-state index is 9.51. The Morgan fingerprint density at radius 1 is 1.17 bits per heavy atom. The lowest BCUT2D eigenvalue weighted by atomic mass is 10.1. The fourth-order valence-corrected chi connectivity index (χ4v) is 2.21. The van der Waals surface area contributed by atoms with Crippen molar-refractivity contribution in [2.75, 3.05) is 6.61 Å². The topological polar surface area (TPSA) is 35.5 Å². The molecule has 1 aromatic carbocycles. The van der Waals surface area contributed by atoms with Gasteiger partial charge in [0.25, 0.3) is 0 Å². The molecule has 2 rings (SSSR count). The van der Waals surface area contributed by atoms with E-state index < -0.39 is 0 Å². The van der Waals surface area contributed by atoms with Crippen LogP contribution in [0.1, 0.15) is 5.56 Å². The summed E-state index contributed by atoms with van der Waals surface area (Å²) in [6.07, 6.45) is 4.06. The van der Waals surface area contributed by atoms with E-state index in [-0.39, 0.29) is 12.6 Å². The molecule has 2 N–H and O–H groups in total. The highest BCUT2D eigenvalue weighted by atomic mass is 35.5. The summed E-state index contributed by atoms with van der Waals surface area (Å²) in [5.41, 5.74) is 4.07. The normalized spacial score (nSPS) is 16.7. The first kappa shape index (κ1) is 13.3. The van der Waals surface area contributed by atoms with Crippen LogP contribution in [0, 0.1) is 0 Å². The largest absolute Gasteiger partial charge is 0.394 e. The summed E-state index contributed by atoms with van der Waals surface area (Å²) in [6.45, 7) is -0.0177. The lowest BCUT2D eigenvalue weighted by Gasteiger charge is -2.34. The number of rotatable bonds is 4. The fourth-order valence-electron chi connectivity index (χ4n) is 1.82. The van der Waals surface area contributed by atoms with Gasteiger partial charge in [0.1, 0.15) is 10.3 Å². The average Bonchev–Trinajstić information content (AvgIpc) is 2.40. The number of aliphatic hydroxyl groups excluding tert-OH is 1. The number of hydrogen-bond acceptors (Lipinski definition) is 3. The number of benzene rings is 1. The monoisotopic (exact) mass is 284 g/mol. The van der Waals surface area contributed by atoms with E-state index in [4.69, 9.17) is 23.2 Å². The van der Waals surface area contributed by atoms with Crippen LogP contribution in [0.2, 0.25) is 0 Å². The summed E-state index contributed by atoms with van der Waals surface area (Å²) in [7, 11) is 0. The van der Waals surface area contributed by atoms with Crippen molar-refractivity contribution >= 4 is 23.2 Å². The molecule has 0 aromatic heterocycles. The third-order valence-corrected chi connectivity index (χ3v) is 3.23. The Labute approximate surface area is 116 Å². The molecule has 1 aliphatic heterocycles. The summed E-state index contributed by atoms with van der Waals surface area (Å²) < 4.78 is 0. The molecule has 0 fully saturated rings. The summed E-state index contributed by atoms with van der Waals surface area (Å²) >= 11 is 12.0. The smallest absolute Gasteiger partial charge is 0.123 e. The Morgan fingerprint density at radius 2 is 1.89 bits per heavy atom. The molecule has 1 aromatic rings. The first-order valence-electron chi connectivity index (χ1n) is 5.64. The number of aliphatic hydroxyl groups is 1. The number of halogens is 2. The lowest BCUT2D eigenvalue weighted by molar-refractivity contribution is 0.130. The molecule has 0 spiro atoms. The predicted molar refractivity (Wildman–Crippen MR) is 73.9 cm³/mol. The highest BCUT2D eigenvalue weighted by molar-refractivity contribution is 6.31. The van der Waals surface area contributed by atoms with Crippen molar-refractivity contribution in [3.05, 3.63) is 58.4 Å². The van der Waals surface area contributed by atoms with E-state index in [2.05, 4.69) is 5.43 Å². The van der Waals surface area contributed by atoms with Gasteiger partial charge in [-0.15, -0.1) is 0 Å². The van der Waals surface area contributed by atoms with Crippen LogP contribution in [0.25, 0.3) is 0 Å². The van der Waals surface area contributed by atoms with Crippen LogP contribution in [0.3, 0.4) is 0 Å². The molecule has 18 heavy (non-hydrogen) atoms. The standard InChI is InChI=1S/C13H14Cl2N2O/c14-12-6-7-13(15)17(16-12)11(9-18)8-10-4-2-1-3-5-10/h1-7,11,16,18H,8-9H2/t11-/m1/s1. The molecule has 3 nitrogen and oxygen atoms in total. The predicted octanol–water partition coefficient (Wildman–Crippen LogP) is 2.57. The number of hydrazine groups is 1. The zero-order valence-electron chi connectivity index (χ0n) is 9.68. The Kier molecular flexibility index (Phi) is 4.53. The fraction of sp³-hybridized carbons (Fsp3) is 0.231. The molecule has 1 atom stereocenters. The zero-order chi connectivity index (χ0) is 13.0. The minimum absolute atomic E-state index is 0.0177. The van der Waals surface area contributed by atoms with E-state index in [9.17, 15) is 5.11 Å². The minimum atomic E-state index is -0.168. The second kappa shape index (κ2) is 6.14. The highest BCUT2D eigenvalue weighted by Gasteiger charge is 2.22. The second-order valence-electron chi connectivity index (χ2n) is 4.01.